The fourth-order valence-electron chi connectivity index (χ4n) is 0.766. The van der Waals surface area contributed by atoms with Crippen molar-refractivity contribution >= 4 is 5.91 Å². The fourth-order valence-corrected chi connectivity index (χ4v) is 0.766. The van der Waals surface area contributed by atoms with E-state index in [1.807, 2.05) is 13.8 Å². The van der Waals surface area contributed by atoms with E-state index in [0.29, 0.717) is 13.1 Å². The minimum Gasteiger partial charge on any atom is -0.345 e. The van der Waals surface area contributed by atoms with Gasteiger partial charge in [0.15, 0.2) is 0 Å². The molecule has 0 aromatic carbocycles. The van der Waals surface area contributed by atoms with E-state index in [2.05, 4.69) is 16.6 Å². The Morgan fingerprint density at radius 3 is 2.83 bits per heavy atom. The van der Waals surface area contributed by atoms with E-state index in [4.69, 9.17) is 6.42 Å². The molecule has 0 saturated heterocycles. The van der Waals surface area contributed by atoms with Gasteiger partial charge >= 0.3 is 0 Å². The lowest BCUT2D eigenvalue weighted by molar-refractivity contribution is -0.124. The molecule has 0 aromatic heterocycles. The third-order valence-corrected chi connectivity index (χ3v) is 1.51. The Bertz CT molecular complexity index is 172. The molecule has 0 aliphatic heterocycles. The summed E-state index contributed by atoms with van der Waals surface area (Å²) in [4.78, 5) is 11.2. The molecule has 3 nitrogen and oxygen atoms in total. The molecule has 0 heterocycles. The Morgan fingerprint density at radius 1 is 1.67 bits per heavy atom. The summed E-state index contributed by atoms with van der Waals surface area (Å²) in [5.74, 6) is 2.35. The third kappa shape index (κ3) is 4.75. The van der Waals surface area contributed by atoms with Crippen molar-refractivity contribution in [2.45, 2.75) is 13.8 Å². The van der Waals surface area contributed by atoms with Gasteiger partial charge in [0, 0.05) is 12.5 Å². The van der Waals surface area contributed by atoms with E-state index in [1.165, 1.54) is 0 Å². The molecule has 1 amide bonds. The van der Waals surface area contributed by atoms with E-state index in [0.717, 1.165) is 6.54 Å². The highest BCUT2D eigenvalue weighted by atomic mass is 16.1. The smallest absolute Gasteiger partial charge is 0.224 e. The van der Waals surface area contributed by atoms with Crippen LogP contribution < -0.4 is 10.6 Å². The van der Waals surface area contributed by atoms with Crippen LogP contribution >= 0.6 is 0 Å². The summed E-state index contributed by atoms with van der Waals surface area (Å²) in [5, 5.41) is 5.72. The molecular formula is C9H16N2O. The van der Waals surface area contributed by atoms with Crippen LogP contribution in [0.3, 0.4) is 0 Å². The van der Waals surface area contributed by atoms with Crippen LogP contribution in [0.1, 0.15) is 13.8 Å². The molecule has 0 bridgehead atoms. The average Bonchev–Trinajstić information content (AvgIpc) is 2.10. The number of hydrogen-bond acceptors (Lipinski definition) is 2. The average molecular weight is 168 g/mol. The zero-order chi connectivity index (χ0) is 9.40. The highest BCUT2D eigenvalue weighted by Gasteiger charge is 2.09. The summed E-state index contributed by atoms with van der Waals surface area (Å²) >= 11 is 0. The van der Waals surface area contributed by atoms with Gasteiger partial charge in [-0.15, -0.1) is 6.42 Å². The molecule has 3 heteroatoms. The van der Waals surface area contributed by atoms with E-state index in [1.54, 1.807) is 0 Å². The standard InChI is InChI=1S/C9H16N2O/c1-4-6-11-9(12)8(3)7-10-5-2/h1,8,10H,5-7H2,2-3H3,(H,11,12). The van der Waals surface area contributed by atoms with Crippen LogP contribution in [0.2, 0.25) is 0 Å². The maximum absolute atomic E-state index is 11.2. The number of amides is 1. The Labute approximate surface area is 73.9 Å². The second kappa shape index (κ2) is 6.68. The molecule has 0 fully saturated rings. The Morgan fingerprint density at radius 2 is 2.33 bits per heavy atom. The normalized spacial score (nSPS) is 11.8. The van der Waals surface area contributed by atoms with Crippen LogP contribution in [0.15, 0.2) is 0 Å². The van der Waals surface area contributed by atoms with Crippen LogP contribution in [0.5, 0.6) is 0 Å². The van der Waals surface area contributed by atoms with Crippen molar-refractivity contribution in [2.75, 3.05) is 19.6 Å². The topological polar surface area (TPSA) is 41.1 Å². The first-order valence-corrected chi connectivity index (χ1v) is 4.14. The van der Waals surface area contributed by atoms with Gasteiger partial charge < -0.3 is 10.6 Å². The summed E-state index contributed by atoms with van der Waals surface area (Å²) in [6.07, 6.45) is 5.00. The quantitative estimate of drug-likeness (QED) is 0.566. The molecule has 0 aliphatic carbocycles. The number of rotatable bonds is 5. The van der Waals surface area contributed by atoms with Gasteiger partial charge in [0.1, 0.15) is 0 Å². The van der Waals surface area contributed by atoms with Crippen molar-refractivity contribution in [3.63, 3.8) is 0 Å². The molecule has 68 valence electrons. The Balaban J connectivity index is 3.55. The van der Waals surface area contributed by atoms with Crippen molar-refractivity contribution in [2.24, 2.45) is 5.92 Å². The Hall–Kier alpha value is -1.01. The van der Waals surface area contributed by atoms with Crippen molar-refractivity contribution in [3.8, 4) is 12.3 Å². The summed E-state index contributed by atoms with van der Waals surface area (Å²) in [6.45, 7) is 5.77. The summed E-state index contributed by atoms with van der Waals surface area (Å²) < 4.78 is 0. The van der Waals surface area contributed by atoms with Gasteiger partial charge in [0.2, 0.25) is 5.91 Å². The second-order valence-corrected chi connectivity index (χ2v) is 2.63. The zero-order valence-electron chi connectivity index (χ0n) is 7.68. The first kappa shape index (κ1) is 11.0. The van der Waals surface area contributed by atoms with Gasteiger partial charge in [0.25, 0.3) is 0 Å². The van der Waals surface area contributed by atoms with E-state index in [9.17, 15) is 4.79 Å². The molecule has 2 N–H and O–H groups in total. The minimum absolute atomic E-state index is 0.00824. The number of hydrogen-bond donors (Lipinski definition) is 2. The highest BCUT2D eigenvalue weighted by Crippen LogP contribution is 1.90. The lowest BCUT2D eigenvalue weighted by Crippen LogP contribution is -2.35. The Kier molecular flexibility index (Phi) is 6.12. The molecule has 0 saturated carbocycles. The number of terminal acetylenes is 1. The van der Waals surface area contributed by atoms with Crippen LogP contribution in [0.4, 0.5) is 0 Å². The molecule has 0 aromatic rings. The van der Waals surface area contributed by atoms with Crippen LogP contribution in [-0.4, -0.2) is 25.5 Å². The van der Waals surface area contributed by atoms with E-state index in [-0.39, 0.29) is 11.8 Å². The largest absolute Gasteiger partial charge is 0.345 e. The lowest BCUT2D eigenvalue weighted by atomic mass is 10.1. The van der Waals surface area contributed by atoms with E-state index < -0.39 is 0 Å². The predicted molar refractivity (Wildman–Crippen MR) is 49.6 cm³/mol. The minimum atomic E-state index is -0.0155. The van der Waals surface area contributed by atoms with Gasteiger partial charge in [-0.2, -0.15) is 0 Å². The number of carbonyl (C=O) groups excluding carboxylic acids is 1. The van der Waals surface area contributed by atoms with Crippen LogP contribution in [0, 0.1) is 18.3 Å². The van der Waals surface area contributed by atoms with Crippen molar-refractivity contribution < 1.29 is 4.79 Å². The van der Waals surface area contributed by atoms with Crippen LogP contribution in [-0.2, 0) is 4.79 Å². The van der Waals surface area contributed by atoms with Gasteiger partial charge in [-0.3, -0.25) is 4.79 Å². The van der Waals surface area contributed by atoms with Crippen molar-refractivity contribution in [3.05, 3.63) is 0 Å². The van der Waals surface area contributed by atoms with Gasteiger partial charge in [-0.25, -0.2) is 0 Å². The lowest BCUT2D eigenvalue weighted by Gasteiger charge is -2.10. The van der Waals surface area contributed by atoms with Gasteiger partial charge in [0.05, 0.1) is 6.54 Å². The molecule has 0 rings (SSSR count). The zero-order valence-corrected chi connectivity index (χ0v) is 7.68. The van der Waals surface area contributed by atoms with Crippen molar-refractivity contribution in [1.29, 1.82) is 0 Å². The first-order valence-electron chi connectivity index (χ1n) is 4.14. The second-order valence-electron chi connectivity index (χ2n) is 2.63. The highest BCUT2D eigenvalue weighted by molar-refractivity contribution is 5.78. The summed E-state index contributed by atoms with van der Waals surface area (Å²) in [7, 11) is 0. The molecule has 1 atom stereocenters. The monoisotopic (exact) mass is 168 g/mol. The summed E-state index contributed by atoms with van der Waals surface area (Å²) in [5.41, 5.74) is 0. The molecule has 1 unspecified atom stereocenters. The maximum Gasteiger partial charge on any atom is 0.224 e. The van der Waals surface area contributed by atoms with Gasteiger partial charge in [-0.1, -0.05) is 19.8 Å². The molecule has 0 aliphatic rings. The maximum atomic E-state index is 11.2. The first-order chi connectivity index (χ1) is 5.72. The van der Waals surface area contributed by atoms with Gasteiger partial charge in [-0.05, 0) is 6.54 Å². The number of nitrogens with one attached hydrogen (secondary N) is 2. The third-order valence-electron chi connectivity index (χ3n) is 1.51. The molecule has 0 spiro atoms. The fraction of sp³-hybridized carbons (Fsp3) is 0.667. The van der Waals surface area contributed by atoms with Crippen molar-refractivity contribution in [1.82, 2.24) is 10.6 Å². The summed E-state index contributed by atoms with van der Waals surface area (Å²) in [6, 6.07) is 0. The number of carbonyl (C=O) groups is 1. The van der Waals surface area contributed by atoms with Crippen LogP contribution in [0.25, 0.3) is 0 Å². The SMILES string of the molecule is C#CCNC(=O)C(C)CNCC. The molecule has 0 radical (unpaired) electrons. The molecular weight excluding hydrogens is 152 g/mol. The van der Waals surface area contributed by atoms with E-state index >= 15 is 0 Å². The molecule has 12 heavy (non-hydrogen) atoms. The predicted octanol–water partition coefficient (Wildman–Crippen LogP) is -0.0186.